The van der Waals surface area contributed by atoms with Crippen LogP contribution < -0.4 is 9.46 Å². The fourth-order valence-electron chi connectivity index (χ4n) is 3.59. The van der Waals surface area contributed by atoms with Crippen molar-refractivity contribution in [1.82, 2.24) is 0 Å². The van der Waals surface area contributed by atoms with E-state index in [1.54, 1.807) is 24.3 Å². The van der Waals surface area contributed by atoms with Crippen LogP contribution in [0.15, 0.2) is 42.5 Å². The average molecular weight is 462 g/mol. The minimum atomic E-state index is -3.59. The van der Waals surface area contributed by atoms with Gasteiger partial charge in [0.25, 0.3) is 0 Å². The predicted molar refractivity (Wildman–Crippen MR) is 129 cm³/mol. The van der Waals surface area contributed by atoms with Crippen molar-refractivity contribution in [2.45, 2.75) is 71.7 Å². The molecule has 0 saturated heterocycles. The van der Waals surface area contributed by atoms with Crippen LogP contribution in [0.3, 0.4) is 0 Å². The summed E-state index contributed by atoms with van der Waals surface area (Å²) in [5, 5.41) is 8.55. The first kappa shape index (κ1) is 25.7. The summed E-state index contributed by atoms with van der Waals surface area (Å²) >= 11 is 0. The number of unbranched alkanes of at least 4 members (excludes halogenated alkanes) is 3. The van der Waals surface area contributed by atoms with E-state index in [1.807, 2.05) is 26.8 Å². The summed E-state index contributed by atoms with van der Waals surface area (Å²) in [6.07, 6.45) is 4.78. The van der Waals surface area contributed by atoms with E-state index in [-0.39, 0.29) is 18.1 Å². The number of nitrogens with one attached hydrogen (secondary N) is 1. The molecule has 2 N–H and O–H groups in total. The summed E-state index contributed by atoms with van der Waals surface area (Å²) in [5.74, 6) is -0.539. The largest absolute Gasteiger partial charge is 0.487 e. The lowest BCUT2D eigenvalue weighted by Crippen LogP contribution is -2.32. The molecule has 0 heterocycles. The lowest BCUT2D eigenvalue weighted by Gasteiger charge is -2.23. The minimum Gasteiger partial charge on any atom is -0.487 e. The number of rotatable bonds is 13. The first-order valence-electron chi connectivity index (χ1n) is 11.2. The van der Waals surface area contributed by atoms with Crippen LogP contribution in [-0.4, -0.2) is 24.7 Å². The van der Waals surface area contributed by atoms with Crippen LogP contribution in [0.1, 0.15) is 74.4 Å². The topological polar surface area (TPSA) is 92.7 Å². The van der Waals surface area contributed by atoms with Gasteiger partial charge in [-0.25, -0.2) is 13.2 Å². The van der Waals surface area contributed by atoms with Gasteiger partial charge >= 0.3 is 5.97 Å². The maximum Gasteiger partial charge on any atom is 0.335 e. The van der Waals surface area contributed by atoms with Crippen molar-refractivity contribution >= 4 is 21.7 Å². The Morgan fingerprint density at radius 2 is 1.75 bits per heavy atom. The van der Waals surface area contributed by atoms with Crippen molar-refractivity contribution in [1.29, 1.82) is 0 Å². The fourth-order valence-corrected chi connectivity index (χ4v) is 5.41. The molecule has 0 aliphatic rings. The summed E-state index contributed by atoms with van der Waals surface area (Å²) in [4.78, 5) is 11.0. The number of benzene rings is 2. The van der Waals surface area contributed by atoms with Crippen LogP contribution in [-0.2, 0) is 16.6 Å². The van der Waals surface area contributed by atoms with Crippen molar-refractivity contribution in [2.24, 2.45) is 5.92 Å². The number of hydrogen-bond acceptors (Lipinski definition) is 4. The van der Waals surface area contributed by atoms with Gasteiger partial charge < -0.3 is 9.84 Å². The lowest BCUT2D eigenvalue weighted by atomic mass is 10.0. The number of aromatic carboxylic acids is 1. The van der Waals surface area contributed by atoms with E-state index in [0.29, 0.717) is 17.9 Å². The van der Waals surface area contributed by atoms with Crippen LogP contribution in [0.25, 0.3) is 0 Å². The molecule has 0 aromatic heterocycles. The molecule has 6 nitrogen and oxygen atoms in total. The third-order valence-corrected chi connectivity index (χ3v) is 7.55. The van der Waals surface area contributed by atoms with Crippen LogP contribution in [0.2, 0.25) is 0 Å². The van der Waals surface area contributed by atoms with Gasteiger partial charge in [0.2, 0.25) is 10.0 Å². The highest BCUT2D eigenvalue weighted by molar-refractivity contribution is 7.93. The quantitative estimate of drug-likeness (QED) is 0.356. The summed E-state index contributed by atoms with van der Waals surface area (Å²) in [5.41, 5.74) is 2.36. The summed E-state index contributed by atoms with van der Waals surface area (Å²) < 4.78 is 35.1. The van der Waals surface area contributed by atoms with Gasteiger partial charge in [-0.05, 0) is 54.7 Å². The molecule has 2 aromatic rings. The molecule has 0 spiro atoms. The smallest absolute Gasteiger partial charge is 0.335 e. The van der Waals surface area contributed by atoms with E-state index < -0.39 is 21.2 Å². The molecular weight excluding hydrogens is 426 g/mol. The summed E-state index contributed by atoms with van der Waals surface area (Å²) in [7, 11) is -3.59. The number of ether oxygens (including phenoxy) is 1. The van der Waals surface area contributed by atoms with E-state index >= 15 is 0 Å². The first-order valence-corrected chi connectivity index (χ1v) is 12.8. The number of aryl methyl sites for hydroxylation is 1. The number of hydrogen-bond donors (Lipinski definition) is 2. The number of carboxylic acid groups (broad SMARTS) is 1. The second kappa shape index (κ2) is 11.9. The number of anilines is 1. The normalized spacial score (nSPS) is 12.5. The van der Waals surface area contributed by atoms with Crippen molar-refractivity contribution in [2.75, 3.05) is 4.72 Å². The van der Waals surface area contributed by atoms with Crippen molar-refractivity contribution in [3.8, 4) is 5.75 Å². The van der Waals surface area contributed by atoms with Crippen molar-refractivity contribution < 1.29 is 23.1 Å². The molecule has 2 aromatic carbocycles. The Balaban J connectivity index is 2.15. The molecule has 2 rings (SSSR count). The molecule has 7 heteroatoms. The van der Waals surface area contributed by atoms with E-state index in [2.05, 4.69) is 11.6 Å². The van der Waals surface area contributed by atoms with Crippen LogP contribution in [0.5, 0.6) is 5.75 Å². The zero-order valence-electron chi connectivity index (χ0n) is 19.4. The van der Waals surface area contributed by atoms with Gasteiger partial charge in [0.1, 0.15) is 12.4 Å². The highest BCUT2D eigenvalue weighted by Crippen LogP contribution is 2.30. The molecule has 0 aliphatic heterocycles. The maximum atomic E-state index is 13.2. The number of sulfonamides is 1. The van der Waals surface area contributed by atoms with E-state index in [0.717, 1.165) is 36.8 Å². The molecule has 0 amide bonds. The Bertz CT molecular complexity index is 984. The van der Waals surface area contributed by atoms with E-state index in [9.17, 15) is 13.2 Å². The lowest BCUT2D eigenvalue weighted by molar-refractivity contribution is 0.0697. The van der Waals surface area contributed by atoms with Gasteiger partial charge in [0.15, 0.2) is 0 Å². The molecule has 0 aliphatic carbocycles. The highest BCUT2D eigenvalue weighted by Gasteiger charge is 2.29. The zero-order chi connectivity index (χ0) is 23.7. The van der Waals surface area contributed by atoms with Crippen LogP contribution in [0, 0.1) is 12.8 Å². The van der Waals surface area contributed by atoms with Gasteiger partial charge in [-0.15, -0.1) is 0 Å². The summed E-state index contributed by atoms with van der Waals surface area (Å²) in [6, 6.07) is 11.8. The highest BCUT2D eigenvalue weighted by atomic mass is 32.2. The Morgan fingerprint density at radius 1 is 1.06 bits per heavy atom. The monoisotopic (exact) mass is 461 g/mol. The molecule has 0 saturated carbocycles. The molecule has 176 valence electrons. The van der Waals surface area contributed by atoms with Gasteiger partial charge in [0, 0.05) is 0 Å². The van der Waals surface area contributed by atoms with E-state index in [4.69, 9.17) is 9.84 Å². The number of carboxylic acids is 1. The summed E-state index contributed by atoms with van der Waals surface area (Å²) in [6.45, 7) is 8.13. The van der Waals surface area contributed by atoms with Gasteiger partial charge in [-0.1, -0.05) is 64.7 Å². The SMILES string of the molecule is CCCCCCC(C(C)C)S(=O)(=O)Nc1ccc(C)cc1OCc1ccc(C(=O)O)cc1. The third-order valence-electron chi connectivity index (χ3n) is 5.47. The second-order valence-corrected chi connectivity index (χ2v) is 10.5. The molecule has 1 unspecified atom stereocenters. The molecule has 0 radical (unpaired) electrons. The first-order chi connectivity index (χ1) is 15.1. The molecule has 32 heavy (non-hydrogen) atoms. The molecule has 0 fully saturated rings. The molecule has 0 bridgehead atoms. The molecular formula is C25H35NO5S. The maximum absolute atomic E-state index is 13.2. The van der Waals surface area contributed by atoms with E-state index in [1.165, 1.54) is 12.1 Å². The van der Waals surface area contributed by atoms with Crippen LogP contribution >= 0.6 is 0 Å². The Morgan fingerprint density at radius 3 is 2.34 bits per heavy atom. The number of carbonyl (C=O) groups is 1. The molecule has 1 atom stereocenters. The van der Waals surface area contributed by atoms with Crippen LogP contribution in [0.4, 0.5) is 5.69 Å². The Labute approximate surface area is 192 Å². The van der Waals surface area contributed by atoms with Gasteiger partial charge in [0.05, 0.1) is 16.5 Å². The second-order valence-electron chi connectivity index (χ2n) is 8.57. The standard InChI is InChI=1S/C25H35NO5S/c1-5-6-7-8-9-24(18(2)3)32(29,30)26-22-15-10-19(4)16-23(22)31-17-20-11-13-21(14-12-20)25(27)28/h10-16,18,24,26H,5-9,17H2,1-4H3,(H,27,28). The van der Waals surface area contributed by atoms with Gasteiger partial charge in [-0.2, -0.15) is 0 Å². The van der Waals surface area contributed by atoms with Gasteiger partial charge in [-0.3, -0.25) is 4.72 Å². The zero-order valence-corrected chi connectivity index (χ0v) is 20.2. The fraction of sp³-hybridized carbons (Fsp3) is 0.480. The third kappa shape index (κ3) is 7.55. The van der Waals surface area contributed by atoms with Crippen molar-refractivity contribution in [3.63, 3.8) is 0 Å². The Hall–Kier alpha value is -2.54. The minimum absolute atomic E-state index is 0.00306. The average Bonchev–Trinajstić information content (AvgIpc) is 2.73. The predicted octanol–water partition coefficient (Wildman–Crippen LogP) is 6.01. The van der Waals surface area contributed by atoms with Crippen molar-refractivity contribution in [3.05, 3.63) is 59.2 Å². The Kier molecular flexibility index (Phi) is 9.57.